The van der Waals surface area contributed by atoms with Crippen LogP contribution in [0.4, 0.5) is 22.9 Å². The maximum absolute atomic E-state index is 5.37. The second-order valence-electron chi connectivity index (χ2n) is 12.5. The molecule has 0 fully saturated rings. The number of hydrogen-bond donors (Lipinski definition) is 1. The molecule has 0 bridgehead atoms. The van der Waals surface area contributed by atoms with Crippen LogP contribution in [0, 0.1) is 20.8 Å². The number of para-hydroxylation sites is 3. The molecule has 214 valence electrons. The van der Waals surface area contributed by atoms with Crippen molar-refractivity contribution in [2.45, 2.75) is 53.0 Å². The molecule has 2 aliphatic rings. The maximum Gasteiger partial charge on any atom is 0.179 e. The average molecular weight is 565 g/mol. The van der Waals surface area contributed by atoms with E-state index in [1.807, 2.05) is 22.9 Å². The Labute approximate surface area is 253 Å². The van der Waals surface area contributed by atoms with Crippen molar-refractivity contribution >= 4 is 34.6 Å². The highest BCUT2D eigenvalue weighted by atomic mass is 15.4. The number of anilines is 2. The van der Waals surface area contributed by atoms with E-state index in [9.17, 15) is 0 Å². The number of fused-ring (bicyclic) bond motifs is 4. The zero-order valence-corrected chi connectivity index (χ0v) is 25.6. The quantitative estimate of drug-likeness (QED) is 0.238. The lowest BCUT2D eigenvalue weighted by Gasteiger charge is -2.42. The van der Waals surface area contributed by atoms with Crippen molar-refractivity contribution in [3.8, 4) is 5.69 Å². The molecule has 0 spiro atoms. The van der Waals surface area contributed by atoms with Gasteiger partial charge in [-0.25, -0.2) is 14.7 Å². The second kappa shape index (κ2) is 10.1. The fourth-order valence-electron chi connectivity index (χ4n) is 6.11. The Bertz CT molecular complexity index is 1910. The molecule has 43 heavy (non-hydrogen) atoms. The van der Waals surface area contributed by atoms with Crippen LogP contribution in [0.2, 0.25) is 0 Å². The minimum absolute atomic E-state index is 0.0599. The number of benzene rings is 4. The van der Waals surface area contributed by atoms with E-state index in [1.165, 1.54) is 16.7 Å². The molecular weight excluding hydrogens is 528 g/mol. The molecule has 6 heteroatoms. The summed E-state index contributed by atoms with van der Waals surface area (Å²) in [6, 6.07) is 33.9. The Kier molecular flexibility index (Phi) is 6.31. The fourth-order valence-corrected chi connectivity index (χ4v) is 6.11. The van der Waals surface area contributed by atoms with Gasteiger partial charge in [0.15, 0.2) is 17.5 Å². The van der Waals surface area contributed by atoms with Crippen LogP contribution in [0.5, 0.6) is 0 Å². The van der Waals surface area contributed by atoms with Crippen LogP contribution < -0.4 is 10.2 Å². The molecule has 7 rings (SSSR count). The standard InChI is InChI=1S/C37H36N6/c1-23-16-21-29(24(2)22-23)38-34-36-40-35-32(25(3)41-43(35)28-12-8-7-9-13-28)33(26-17-19-27(20-18-26)37(4,5)6)42(36)31-15-11-10-14-30(31)39-34/h7-22,33H,1-6H3,(H,38,39)/t33-/m0/s1. The van der Waals surface area contributed by atoms with Crippen molar-refractivity contribution in [2.24, 2.45) is 9.98 Å². The Morgan fingerprint density at radius 3 is 2.26 bits per heavy atom. The predicted molar refractivity (Wildman–Crippen MR) is 178 cm³/mol. The van der Waals surface area contributed by atoms with Crippen molar-refractivity contribution in [1.82, 2.24) is 9.78 Å². The number of rotatable bonds is 3. The molecule has 4 aromatic carbocycles. The number of aliphatic imine (C=N–C) groups is 2. The van der Waals surface area contributed by atoms with Crippen molar-refractivity contribution < 1.29 is 0 Å². The molecule has 0 amide bonds. The molecule has 0 unspecified atom stereocenters. The average Bonchev–Trinajstić information content (AvgIpc) is 3.33. The van der Waals surface area contributed by atoms with Crippen molar-refractivity contribution in [3.05, 3.63) is 131 Å². The van der Waals surface area contributed by atoms with Crippen molar-refractivity contribution in [1.29, 1.82) is 0 Å². The number of nitrogens with zero attached hydrogens (tertiary/aromatic N) is 5. The van der Waals surface area contributed by atoms with Crippen LogP contribution in [0.1, 0.15) is 60.3 Å². The monoisotopic (exact) mass is 564 g/mol. The van der Waals surface area contributed by atoms with Crippen LogP contribution >= 0.6 is 0 Å². The van der Waals surface area contributed by atoms with Gasteiger partial charge in [-0.3, -0.25) is 0 Å². The van der Waals surface area contributed by atoms with Crippen molar-refractivity contribution in [3.63, 3.8) is 0 Å². The number of aryl methyl sites for hydroxylation is 3. The molecule has 0 saturated heterocycles. The SMILES string of the molecule is Cc1ccc(N=C2Nc3ccccc3N3C2=Nc2c(c(C)nn2-c2ccccc2)[C@@H]3c2ccc(C(C)(C)C)cc2)c(C)c1. The first-order chi connectivity index (χ1) is 20.7. The van der Waals surface area contributed by atoms with Gasteiger partial charge in [0.2, 0.25) is 0 Å². The van der Waals surface area contributed by atoms with Gasteiger partial charge in [0, 0.05) is 5.56 Å². The van der Waals surface area contributed by atoms with E-state index >= 15 is 0 Å². The topological polar surface area (TPSA) is 57.8 Å². The van der Waals surface area contributed by atoms with Crippen molar-refractivity contribution in [2.75, 3.05) is 10.2 Å². The molecule has 5 aromatic rings. The van der Waals surface area contributed by atoms with E-state index in [0.29, 0.717) is 5.84 Å². The molecular formula is C37H36N6. The summed E-state index contributed by atoms with van der Waals surface area (Å²) in [5.74, 6) is 2.31. The summed E-state index contributed by atoms with van der Waals surface area (Å²) >= 11 is 0. The van der Waals surface area contributed by atoms with Gasteiger partial charge in [-0.15, -0.1) is 0 Å². The third kappa shape index (κ3) is 4.63. The van der Waals surface area contributed by atoms with Crippen LogP contribution in [0.3, 0.4) is 0 Å². The largest absolute Gasteiger partial charge is 0.335 e. The number of nitrogens with one attached hydrogen (secondary N) is 1. The molecule has 1 atom stereocenters. The Morgan fingerprint density at radius 1 is 0.814 bits per heavy atom. The van der Waals surface area contributed by atoms with E-state index in [4.69, 9.17) is 15.1 Å². The van der Waals surface area contributed by atoms with E-state index in [2.05, 4.69) is 131 Å². The van der Waals surface area contributed by atoms with Gasteiger partial charge in [0.05, 0.1) is 34.5 Å². The third-order valence-corrected chi connectivity index (χ3v) is 8.36. The number of hydrogen-bond acceptors (Lipinski definition) is 4. The predicted octanol–water partition coefficient (Wildman–Crippen LogP) is 8.89. The van der Waals surface area contributed by atoms with E-state index in [1.54, 1.807) is 0 Å². The molecule has 0 saturated carbocycles. The maximum atomic E-state index is 5.37. The van der Waals surface area contributed by atoms with Gasteiger partial charge in [0.25, 0.3) is 0 Å². The summed E-state index contributed by atoms with van der Waals surface area (Å²) < 4.78 is 1.97. The van der Waals surface area contributed by atoms with Gasteiger partial charge < -0.3 is 10.2 Å². The molecule has 2 aliphatic heterocycles. The van der Waals surface area contributed by atoms with E-state index < -0.39 is 0 Å². The summed E-state index contributed by atoms with van der Waals surface area (Å²) in [5.41, 5.74) is 10.9. The van der Waals surface area contributed by atoms with Gasteiger partial charge >= 0.3 is 0 Å². The zero-order chi connectivity index (χ0) is 29.9. The van der Waals surface area contributed by atoms with Crippen LogP contribution in [-0.4, -0.2) is 21.5 Å². The molecule has 3 heterocycles. The smallest absolute Gasteiger partial charge is 0.179 e. The summed E-state index contributed by atoms with van der Waals surface area (Å²) in [7, 11) is 0. The Balaban J connectivity index is 1.51. The normalized spacial score (nSPS) is 16.7. The van der Waals surface area contributed by atoms with Gasteiger partial charge in [-0.2, -0.15) is 5.10 Å². The minimum atomic E-state index is -0.151. The lowest BCUT2D eigenvalue weighted by atomic mass is 9.85. The highest BCUT2D eigenvalue weighted by Gasteiger charge is 2.42. The summed E-state index contributed by atoms with van der Waals surface area (Å²) in [6.45, 7) is 13.1. The van der Waals surface area contributed by atoms with Crippen LogP contribution in [-0.2, 0) is 5.41 Å². The van der Waals surface area contributed by atoms with Crippen LogP contribution in [0.25, 0.3) is 5.69 Å². The number of aromatic nitrogens is 2. The highest BCUT2D eigenvalue weighted by molar-refractivity contribution is 6.52. The van der Waals surface area contributed by atoms with E-state index in [-0.39, 0.29) is 11.5 Å². The molecule has 1 N–H and O–H groups in total. The molecule has 0 aliphatic carbocycles. The second-order valence-corrected chi connectivity index (χ2v) is 12.5. The summed E-state index contributed by atoms with van der Waals surface area (Å²) in [5, 5.41) is 8.70. The summed E-state index contributed by atoms with van der Waals surface area (Å²) in [6.07, 6.45) is 0. The first-order valence-corrected chi connectivity index (χ1v) is 14.8. The lowest BCUT2D eigenvalue weighted by Crippen LogP contribution is -2.48. The molecule has 0 radical (unpaired) electrons. The third-order valence-electron chi connectivity index (χ3n) is 8.36. The zero-order valence-electron chi connectivity index (χ0n) is 25.6. The van der Waals surface area contributed by atoms with Gasteiger partial charge in [0.1, 0.15) is 0 Å². The Hall–Kier alpha value is -4.97. The highest BCUT2D eigenvalue weighted by Crippen LogP contribution is 2.48. The molecule has 1 aromatic heterocycles. The van der Waals surface area contributed by atoms with Gasteiger partial charge in [-0.05, 0) is 73.2 Å². The van der Waals surface area contributed by atoms with Gasteiger partial charge in [-0.1, -0.05) is 93.1 Å². The first kappa shape index (κ1) is 26.9. The first-order valence-electron chi connectivity index (χ1n) is 14.8. The fraction of sp³-hybridized carbons (Fsp3) is 0.216. The Morgan fingerprint density at radius 2 is 1.53 bits per heavy atom. The minimum Gasteiger partial charge on any atom is -0.335 e. The summed E-state index contributed by atoms with van der Waals surface area (Å²) in [4.78, 5) is 12.9. The lowest BCUT2D eigenvalue weighted by molar-refractivity contribution is 0.589. The molecule has 6 nitrogen and oxygen atoms in total. The van der Waals surface area contributed by atoms with Crippen LogP contribution in [0.15, 0.2) is 107 Å². The van der Waals surface area contributed by atoms with E-state index in [0.717, 1.165) is 51.2 Å². The number of amidine groups is 2.